The van der Waals surface area contributed by atoms with E-state index in [1.807, 2.05) is 20.8 Å². The highest BCUT2D eigenvalue weighted by molar-refractivity contribution is 6.60. The molecule has 0 bridgehead atoms. The van der Waals surface area contributed by atoms with E-state index in [0.29, 0.717) is 26.4 Å². The fourth-order valence-corrected chi connectivity index (χ4v) is 4.69. The Bertz CT molecular complexity index is 338. The van der Waals surface area contributed by atoms with Crippen LogP contribution in [0.25, 0.3) is 0 Å². The predicted molar refractivity (Wildman–Crippen MR) is 90.8 cm³/mol. The molecular weight excluding hydrogens is 334 g/mol. The largest absolute Gasteiger partial charge is 0.500 e. The van der Waals surface area contributed by atoms with Gasteiger partial charge in [0.05, 0.1) is 12.8 Å². The summed E-state index contributed by atoms with van der Waals surface area (Å²) in [6.07, 6.45) is 0.533. The number of hydrogen-bond donors (Lipinski definition) is 2. The van der Waals surface area contributed by atoms with Crippen molar-refractivity contribution in [1.29, 1.82) is 0 Å². The maximum atomic E-state index is 11.2. The van der Waals surface area contributed by atoms with Crippen molar-refractivity contribution in [3.8, 4) is 0 Å². The summed E-state index contributed by atoms with van der Waals surface area (Å²) in [6, 6.07) is 0.730. The van der Waals surface area contributed by atoms with E-state index < -0.39 is 20.7 Å². The first-order chi connectivity index (χ1) is 11.5. The smallest absolute Gasteiger partial charge is 0.481 e. The molecule has 0 spiro atoms. The first kappa shape index (κ1) is 23.0. The van der Waals surface area contributed by atoms with Gasteiger partial charge in [-0.25, -0.2) is 0 Å². The molecule has 0 aromatic rings. The molecule has 0 aliphatic rings. The van der Waals surface area contributed by atoms with Crippen molar-refractivity contribution >= 4 is 20.7 Å². The van der Waals surface area contributed by atoms with E-state index in [-0.39, 0.29) is 19.4 Å². The molecule has 142 valence electrons. The standard InChI is InChI=1S/C15H31NO7Si/c1-4-21-24(22-5-2,23-6-3)13-7-10-16-11-12-20-15(19)9-8-14(17)18/h16H,4-13H2,1-3H3,(H,17,18). The van der Waals surface area contributed by atoms with E-state index in [4.69, 9.17) is 23.1 Å². The third-order valence-corrected chi connectivity index (χ3v) is 6.17. The number of ether oxygens (including phenoxy) is 1. The molecule has 0 aliphatic heterocycles. The van der Waals surface area contributed by atoms with E-state index in [9.17, 15) is 9.59 Å². The third kappa shape index (κ3) is 11.5. The van der Waals surface area contributed by atoms with Crippen LogP contribution in [-0.4, -0.2) is 65.4 Å². The van der Waals surface area contributed by atoms with Gasteiger partial charge in [0.15, 0.2) is 0 Å². The zero-order valence-electron chi connectivity index (χ0n) is 15.0. The Balaban J connectivity index is 3.85. The fraction of sp³-hybridized carbons (Fsp3) is 0.867. The van der Waals surface area contributed by atoms with E-state index in [1.165, 1.54) is 0 Å². The summed E-state index contributed by atoms with van der Waals surface area (Å²) in [5.74, 6) is -1.50. The lowest BCUT2D eigenvalue weighted by molar-refractivity contribution is -0.147. The van der Waals surface area contributed by atoms with Crippen molar-refractivity contribution in [2.45, 2.75) is 46.1 Å². The molecule has 9 heteroatoms. The van der Waals surface area contributed by atoms with Gasteiger partial charge in [0.2, 0.25) is 0 Å². The second kappa shape index (κ2) is 14.3. The average molecular weight is 365 g/mol. The minimum Gasteiger partial charge on any atom is -0.481 e. The highest BCUT2D eigenvalue weighted by atomic mass is 28.4. The first-order valence-corrected chi connectivity index (χ1v) is 10.4. The molecule has 0 aliphatic carbocycles. The molecule has 0 unspecified atom stereocenters. The number of esters is 1. The molecule has 2 N–H and O–H groups in total. The maximum Gasteiger partial charge on any atom is 0.500 e. The Labute approximate surface area is 145 Å². The SMILES string of the molecule is CCO[Si](CCCNCCOC(=O)CCC(=O)O)(OCC)OCC. The number of carbonyl (C=O) groups is 2. The van der Waals surface area contributed by atoms with Crippen molar-refractivity contribution in [1.82, 2.24) is 5.32 Å². The summed E-state index contributed by atoms with van der Waals surface area (Å²) in [4.78, 5) is 21.6. The lowest BCUT2D eigenvalue weighted by atomic mass is 10.3. The summed E-state index contributed by atoms with van der Waals surface area (Å²) in [5.41, 5.74) is 0. The molecule has 0 aromatic heterocycles. The number of nitrogens with one attached hydrogen (secondary N) is 1. The Kier molecular flexibility index (Phi) is 13.7. The number of carboxylic acids is 1. The minimum atomic E-state index is -2.58. The minimum absolute atomic E-state index is 0.0967. The molecule has 24 heavy (non-hydrogen) atoms. The van der Waals surface area contributed by atoms with E-state index in [1.54, 1.807) is 0 Å². The van der Waals surface area contributed by atoms with Crippen LogP contribution < -0.4 is 5.32 Å². The van der Waals surface area contributed by atoms with Gasteiger partial charge in [-0.3, -0.25) is 9.59 Å². The van der Waals surface area contributed by atoms with Crippen LogP contribution in [0.1, 0.15) is 40.0 Å². The molecule has 0 fully saturated rings. The molecule has 0 amide bonds. The summed E-state index contributed by atoms with van der Waals surface area (Å²) < 4.78 is 22.2. The summed E-state index contributed by atoms with van der Waals surface area (Å²) in [6.45, 7) is 8.94. The second-order valence-electron chi connectivity index (χ2n) is 4.95. The average Bonchev–Trinajstić information content (AvgIpc) is 2.52. The van der Waals surface area contributed by atoms with Gasteiger partial charge in [-0.1, -0.05) is 0 Å². The van der Waals surface area contributed by atoms with Crippen LogP contribution in [0.3, 0.4) is 0 Å². The van der Waals surface area contributed by atoms with Crippen LogP contribution >= 0.6 is 0 Å². The molecule has 0 rings (SSSR count). The number of carboxylic acid groups (broad SMARTS) is 1. The lowest BCUT2D eigenvalue weighted by Crippen LogP contribution is -2.46. The van der Waals surface area contributed by atoms with Gasteiger partial charge < -0.3 is 28.4 Å². The highest BCUT2D eigenvalue weighted by Gasteiger charge is 2.39. The summed E-state index contributed by atoms with van der Waals surface area (Å²) in [5, 5.41) is 11.6. The first-order valence-electron chi connectivity index (χ1n) is 8.49. The number of hydrogen-bond acceptors (Lipinski definition) is 7. The van der Waals surface area contributed by atoms with Gasteiger partial charge in [0, 0.05) is 32.4 Å². The van der Waals surface area contributed by atoms with Crippen molar-refractivity contribution in [2.75, 3.05) is 39.5 Å². The quantitative estimate of drug-likeness (QED) is 0.240. The van der Waals surface area contributed by atoms with E-state index in [0.717, 1.165) is 19.0 Å². The van der Waals surface area contributed by atoms with Gasteiger partial charge in [0.1, 0.15) is 6.61 Å². The Morgan fingerprint density at radius 3 is 2.04 bits per heavy atom. The van der Waals surface area contributed by atoms with Gasteiger partial charge in [0.25, 0.3) is 0 Å². The van der Waals surface area contributed by atoms with Crippen molar-refractivity contribution < 1.29 is 32.7 Å². The molecule has 0 saturated heterocycles. The van der Waals surface area contributed by atoms with Gasteiger partial charge in [-0.05, 0) is 33.7 Å². The van der Waals surface area contributed by atoms with Crippen LogP contribution in [-0.2, 0) is 27.6 Å². The molecular formula is C15H31NO7Si. The molecule has 0 saturated carbocycles. The van der Waals surface area contributed by atoms with Crippen molar-refractivity contribution in [3.05, 3.63) is 0 Å². The van der Waals surface area contributed by atoms with E-state index in [2.05, 4.69) is 5.32 Å². The number of aliphatic carboxylic acids is 1. The lowest BCUT2D eigenvalue weighted by Gasteiger charge is -2.28. The molecule has 0 heterocycles. The normalized spacial score (nSPS) is 11.5. The molecule has 8 nitrogen and oxygen atoms in total. The molecule has 0 atom stereocenters. The molecule has 0 aromatic carbocycles. The van der Waals surface area contributed by atoms with Gasteiger partial charge >= 0.3 is 20.7 Å². The van der Waals surface area contributed by atoms with Crippen LogP contribution in [0, 0.1) is 0 Å². The summed E-state index contributed by atoms with van der Waals surface area (Å²) >= 11 is 0. The summed E-state index contributed by atoms with van der Waals surface area (Å²) in [7, 11) is -2.58. The van der Waals surface area contributed by atoms with Crippen LogP contribution in [0.2, 0.25) is 6.04 Å². The van der Waals surface area contributed by atoms with Crippen LogP contribution in [0.5, 0.6) is 0 Å². The van der Waals surface area contributed by atoms with Gasteiger partial charge in [-0.15, -0.1) is 0 Å². The molecule has 0 radical (unpaired) electrons. The third-order valence-electron chi connectivity index (χ3n) is 3.01. The Morgan fingerprint density at radius 2 is 1.54 bits per heavy atom. The van der Waals surface area contributed by atoms with Crippen LogP contribution in [0.4, 0.5) is 0 Å². The van der Waals surface area contributed by atoms with Crippen LogP contribution in [0.15, 0.2) is 0 Å². The predicted octanol–water partition coefficient (Wildman–Crippen LogP) is 1.42. The number of rotatable bonds is 16. The van der Waals surface area contributed by atoms with Gasteiger partial charge in [-0.2, -0.15) is 0 Å². The highest BCUT2D eigenvalue weighted by Crippen LogP contribution is 2.17. The topological polar surface area (TPSA) is 103 Å². The number of carbonyl (C=O) groups excluding carboxylic acids is 1. The Morgan fingerprint density at radius 1 is 0.958 bits per heavy atom. The Hall–Kier alpha value is -1.00. The zero-order valence-corrected chi connectivity index (χ0v) is 16.0. The van der Waals surface area contributed by atoms with E-state index >= 15 is 0 Å². The zero-order chi connectivity index (χ0) is 18.3. The van der Waals surface area contributed by atoms with Crippen molar-refractivity contribution in [3.63, 3.8) is 0 Å². The fourth-order valence-electron chi connectivity index (χ4n) is 2.07. The maximum absolute atomic E-state index is 11.2. The monoisotopic (exact) mass is 365 g/mol. The second-order valence-corrected chi connectivity index (χ2v) is 7.68. The van der Waals surface area contributed by atoms with Crippen molar-refractivity contribution in [2.24, 2.45) is 0 Å².